The van der Waals surface area contributed by atoms with Gasteiger partial charge in [-0.1, -0.05) is 24.3 Å². The molecule has 1 fully saturated rings. The molecule has 27 heavy (non-hydrogen) atoms. The van der Waals surface area contributed by atoms with E-state index in [1.165, 1.54) is 15.4 Å². The van der Waals surface area contributed by atoms with E-state index in [9.17, 15) is 13.2 Å². The number of rotatable bonds is 3. The monoisotopic (exact) mass is 384 g/mol. The Morgan fingerprint density at radius 1 is 1.00 bits per heavy atom. The van der Waals surface area contributed by atoms with Crippen LogP contribution in [0.2, 0.25) is 0 Å². The van der Waals surface area contributed by atoms with E-state index in [0.29, 0.717) is 24.2 Å². The molecule has 0 aromatic heterocycles. The molecule has 1 N–H and O–H groups in total. The first-order valence-corrected chi connectivity index (χ1v) is 11.1. The molecular formula is C21H24N2O3S. The highest BCUT2D eigenvalue weighted by Crippen LogP contribution is 2.30. The topological polar surface area (TPSA) is 66.5 Å². The van der Waals surface area contributed by atoms with Crippen LogP contribution < -0.4 is 9.62 Å². The molecule has 1 saturated heterocycles. The second-order valence-electron chi connectivity index (χ2n) is 7.26. The van der Waals surface area contributed by atoms with Crippen LogP contribution in [0.3, 0.4) is 0 Å². The lowest BCUT2D eigenvalue weighted by molar-refractivity contribution is 0.0933. The Balaban J connectivity index is 1.49. The van der Waals surface area contributed by atoms with Gasteiger partial charge in [0.1, 0.15) is 0 Å². The summed E-state index contributed by atoms with van der Waals surface area (Å²) in [6, 6.07) is 15.2. The van der Waals surface area contributed by atoms with E-state index in [-0.39, 0.29) is 17.7 Å². The molecule has 1 atom stereocenters. The molecule has 6 heteroatoms. The van der Waals surface area contributed by atoms with Crippen LogP contribution in [0.5, 0.6) is 0 Å². The van der Waals surface area contributed by atoms with Gasteiger partial charge >= 0.3 is 0 Å². The highest BCUT2D eigenvalue weighted by Gasteiger charge is 2.26. The van der Waals surface area contributed by atoms with Gasteiger partial charge < -0.3 is 5.32 Å². The van der Waals surface area contributed by atoms with Gasteiger partial charge in [-0.25, -0.2) is 8.42 Å². The Labute approximate surface area is 160 Å². The van der Waals surface area contributed by atoms with Gasteiger partial charge in [-0.3, -0.25) is 9.10 Å². The average molecular weight is 385 g/mol. The van der Waals surface area contributed by atoms with Crippen molar-refractivity contribution in [2.24, 2.45) is 0 Å². The molecule has 2 aromatic rings. The lowest BCUT2D eigenvalue weighted by Gasteiger charge is -2.28. The summed E-state index contributed by atoms with van der Waals surface area (Å²) in [6.45, 7) is 0.507. The number of carbonyl (C=O) groups excluding carboxylic acids is 1. The third-order valence-electron chi connectivity index (χ3n) is 5.44. The van der Waals surface area contributed by atoms with E-state index in [1.54, 1.807) is 24.3 Å². The van der Waals surface area contributed by atoms with Crippen LogP contribution in [0.15, 0.2) is 48.5 Å². The Bertz CT molecular complexity index is 938. The molecule has 5 nitrogen and oxygen atoms in total. The van der Waals surface area contributed by atoms with Crippen molar-refractivity contribution in [1.82, 2.24) is 5.32 Å². The number of benzene rings is 2. The number of nitrogens with zero attached hydrogens (tertiary/aromatic N) is 1. The zero-order valence-corrected chi connectivity index (χ0v) is 16.0. The number of aryl methyl sites for hydroxylation is 1. The van der Waals surface area contributed by atoms with Gasteiger partial charge in [-0.15, -0.1) is 0 Å². The third kappa shape index (κ3) is 3.72. The van der Waals surface area contributed by atoms with E-state index in [2.05, 4.69) is 17.4 Å². The highest BCUT2D eigenvalue weighted by molar-refractivity contribution is 7.92. The molecule has 0 spiro atoms. The molecule has 0 saturated carbocycles. The molecule has 2 aliphatic rings. The zero-order valence-electron chi connectivity index (χ0n) is 15.2. The summed E-state index contributed by atoms with van der Waals surface area (Å²) in [6.07, 6.45) is 4.63. The summed E-state index contributed by atoms with van der Waals surface area (Å²) >= 11 is 0. The van der Waals surface area contributed by atoms with E-state index < -0.39 is 10.0 Å². The first-order chi connectivity index (χ1) is 13.0. The lowest BCUT2D eigenvalue weighted by atomic mass is 9.87. The normalized spacial score (nSPS) is 21.3. The van der Waals surface area contributed by atoms with Gasteiger partial charge in [-0.05, 0) is 67.5 Å². The van der Waals surface area contributed by atoms with Gasteiger partial charge in [-0.2, -0.15) is 0 Å². The van der Waals surface area contributed by atoms with Gasteiger partial charge in [0.25, 0.3) is 5.91 Å². The van der Waals surface area contributed by atoms with E-state index in [4.69, 9.17) is 0 Å². The third-order valence-corrected chi connectivity index (χ3v) is 7.31. The summed E-state index contributed by atoms with van der Waals surface area (Å²) in [5.74, 6) is 0.0702. The highest BCUT2D eigenvalue weighted by atomic mass is 32.2. The SMILES string of the molecule is O=C(NC1CCCc2ccccc21)c1ccc(N2CCCCS2(=O)=O)cc1. The second-order valence-corrected chi connectivity index (χ2v) is 9.27. The summed E-state index contributed by atoms with van der Waals surface area (Å²) in [7, 11) is -3.23. The molecule has 2 aromatic carbocycles. The van der Waals surface area contributed by atoms with Crippen LogP contribution in [-0.4, -0.2) is 26.6 Å². The maximum atomic E-state index is 12.7. The molecule has 142 valence electrons. The summed E-state index contributed by atoms with van der Waals surface area (Å²) in [5.41, 5.74) is 3.69. The van der Waals surface area contributed by atoms with Gasteiger partial charge in [0.15, 0.2) is 0 Å². The minimum atomic E-state index is -3.23. The fourth-order valence-electron chi connectivity index (χ4n) is 4.00. The summed E-state index contributed by atoms with van der Waals surface area (Å²) in [5, 5.41) is 3.14. The van der Waals surface area contributed by atoms with Crippen LogP contribution >= 0.6 is 0 Å². The van der Waals surface area contributed by atoms with Gasteiger partial charge in [0.05, 0.1) is 17.5 Å². The smallest absolute Gasteiger partial charge is 0.251 e. The minimum absolute atomic E-state index is 0.0320. The molecular weight excluding hydrogens is 360 g/mol. The van der Waals surface area contributed by atoms with Crippen LogP contribution in [-0.2, 0) is 16.4 Å². The summed E-state index contributed by atoms with van der Waals surface area (Å²) < 4.78 is 25.9. The molecule has 1 heterocycles. The molecule has 1 unspecified atom stereocenters. The predicted molar refractivity (Wildman–Crippen MR) is 106 cm³/mol. The van der Waals surface area contributed by atoms with Crippen molar-refractivity contribution >= 4 is 21.6 Å². The van der Waals surface area contributed by atoms with Gasteiger partial charge in [0.2, 0.25) is 10.0 Å². The largest absolute Gasteiger partial charge is 0.345 e. The maximum absolute atomic E-state index is 12.7. The first kappa shape index (κ1) is 18.0. The van der Waals surface area contributed by atoms with Gasteiger partial charge in [0, 0.05) is 12.1 Å². The van der Waals surface area contributed by atoms with Crippen molar-refractivity contribution in [2.45, 2.75) is 38.1 Å². The summed E-state index contributed by atoms with van der Waals surface area (Å²) in [4.78, 5) is 12.7. The molecule has 0 radical (unpaired) electrons. The number of sulfonamides is 1. The number of nitrogens with one attached hydrogen (secondary N) is 1. The Hall–Kier alpha value is -2.34. The molecule has 4 rings (SSSR count). The Morgan fingerprint density at radius 3 is 2.56 bits per heavy atom. The Kier molecular flexibility index (Phi) is 4.91. The van der Waals surface area contributed by atoms with Crippen molar-refractivity contribution in [3.63, 3.8) is 0 Å². The Morgan fingerprint density at radius 2 is 1.78 bits per heavy atom. The van der Waals surface area contributed by atoms with Crippen molar-refractivity contribution < 1.29 is 13.2 Å². The number of fused-ring (bicyclic) bond motifs is 1. The van der Waals surface area contributed by atoms with Crippen LogP contribution in [0.25, 0.3) is 0 Å². The van der Waals surface area contributed by atoms with E-state index in [1.807, 2.05) is 12.1 Å². The molecule has 1 amide bonds. The molecule has 0 bridgehead atoms. The van der Waals surface area contributed by atoms with Crippen molar-refractivity contribution in [3.05, 3.63) is 65.2 Å². The van der Waals surface area contributed by atoms with Crippen molar-refractivity contribution in [1.29, 1.82) is 0 Å². The minimum Gasteiger partial charge on any atom is -0.345 e. The second kappa shape index (κ2) is 7.35. The fourth-order valence-corrected chi connectivity index (χ4v) is 5.64. The number of amides is 1. The average Bonchev–Trinajstić information content (AvgIpc) is 2.68. The van der Waals surface area contributed by atoms with Crippen LogP contribution in [0.1, 0.15) is 53.2 Å². The van der Waals surface area contributed by atoms with Crippen LogP contribution in [0.4, 0.5) is 5.69 Å². The quantitative estimate of drug-likeness (QED) is 0.882. The number of hydrogen-bond acceptors (Lipinski definition) is 3. The number of carbonyl (C=O) groups is 1. The molecule has 1 aliphatic carbocycles. The van der Waals surface area contributed by atoms with E-state index >= 15 is 0 Å². The predicted octanol–water partition coefficient (Wildman–Crippen LogP) is 3.42. The zero-order chi connectivity index (χ0) is 18.9. The number of hydrogen-bond donors (Lipinski definition) is 1. The lowest BCUT2D eigenvalue weighted by Crippen LogP contribution is -2.37. The standard InChI is InChI=1S/C21H24N2O3S/c24-21(22-20-9-5-7-16-6-1-2-8-19(16)20)17-10-12-18(13-11-17)23-14-3-4-15-27(23,25)26/h1-2,6,8,10-13,20H,3-5,7,9,14-15H2,(H,22,24). The number of anilines is 1. The maximum Gasteiger partial charge on any atom is 0.251 e. The van der Waals surface area contributed by atoms with Crippen LogP contribution in [0, 0.1) is 0 Å². The van der Waals surface area contributed by atoms with Crippen molar-refractivity contribution in [3.8, 4) is 0 Å². The van der Waals surface area contributed by atoms with Crippen molar-refractivity contribution in [2.75, 3.05) is 16.6 Å². The first-order valence-electron chi connectivity index (χ1n) is 9.54. The fraction of sp³-hybridized carbons (Fsp3) is 0.381. The molecule has 1 aliphatic heterocycles. The van der Waals surface area contributed by atoms with E-state index in [0.717, 1.165) is 25.7 Å².